The Morgan fingerprint density at radius 1 is 1.05 bits per heavy atom. The van der Waals surface area contributed by atoms with Crippen LogP contribution in [0.2, 0.25) is 0 Å². The van der Waals surface area contributed by atoms with E-state index in [0.717, 1.165) is 25.9 Å². The molecule has 1 aromatic carbocycles. The van der Waals surface area contributed by atoms with Crippen LogP contribution in [0.1, 0.15) is 57.4 Å². The van der Waals surface area contributed by atoms with Crippen molar-refractivity contribution >= 4 is 5.91 Å². The van der Waals surface area contributed by atoms with Crippen LogP contribution in [0.25, 0.3) is 0 Å². The molecule has 0 N–H and O–H groups in total. The molecule has 1 atom stereocenters. The predicted molar refractivity (Wildman–Crippen MR) is 88.2 cm³/mol. The van der Waals surface area contributed by atoms with Gasteiger partial charge in [-0.1, -0.05) is 56.5 Å². The van der Waals surface area contributed by atoms with Crippen molar-refractivity contribution in [3.8, 4) is 0 Å². The van der Waals surface area contributed by atoms with E-state index < -0.39 is 0 Å². The standard InChI is InChI=1S/C19H29NO/c1-17(12-13-18-10-6-5-7-11-18)16-19(21)20-14-8-3-2-4-9-15-20/h5-7,10-11,17H,2-4,8-9,12-16H2,1H3/t17-/m1/s1. The minimum absolute atomic E-state index is 0.373. The predicted octanol–water partition coefficient (Wildman–Crippen LogP) is 4.44. The Bertz CT molecular complexity index is 407. The average molecular weight is 287 g/mol. The normalized spacial score (nSPS) is 17.9. The summed E-state index contributed by atoms with van der Waals surface area (Å²) in [6, 6.07) is 10.6. The third-order valence-corrected chi connectivity index (χ3v) is 4.50. The SMILES string of the molecule is C[C@H](CCc1ccccc1)CC(=O)N1CCCCCCC1. The van der Waals surface area contributed by atoms with Gasteiger partial charge in [0.15, 0.2) is 0 Å². The fourth-order valence-electron chi connectivity index (χ4n) is 3.08. The highest BCUT2D eigenvalue weighted by Gasteiger charge is 2.17. The Morgan fingerprint density at radius 2 is 1.67 bits per heavy atom. The Morgan fingerprint density at radius 3 is 2.33 bits per heavy atom. The fraction of sp³-hybridized carbons (Fsp3) is 0.632. The molecule has 1 fully saturated rings. The number of hydrogen-bond acceptors (Lipinski definition) is 1. The van der Waals surface area contributed by atoms with E-state index in [-0.39, 0.29) is 0 Å². The maximum absolute atomic E-state index is 12.4. The number of carbonyl (C=O) groups excluding carboxylic acids is 1. The lowest BCUT2D eigenvalue weighted by molar-refractivity contribution is -0.132. The number of hydrogen-bond donors (Lipinski definition) is 0. The Balaban J connectivity index is 1.73. The van der Waals surface area contributed by atoms with Crippen molar-refractivity contribution in [2.75, 3.05) is 13.1 Å². The van der Waals surface area contributed by atoms with Crippen LogP contribution in [0.5, 0.6) is 0 Å². The monoisotopic (exact) mass is 287 g/mol. The second-order valence-electron chi connectivity index (χ2n) is 6.48. The third-order valence-electron chi connectivity index (χ3n) is 4.50. The number of rotatable bonds is 5. The molecule has 2 nitrogen and oxygen atoms in total. The largest absolute Gasteiger partial charge is 0.343 e. The molecule has 1 aliphatic heterocycles. The number of benzene rings is 1. The summed E-state index contributed by atoms with van der Waals surface area (Å²) in [5.74, 6) is 0.848. The molecule has 0 bridgehead atoms. The molecule has 21 heavy (non-hydrogen) atoms. The van der Waals surface area contributed by atoms with Gasteiger partial charge in [0.1, 0.15) is 0 Å². The van der Waals surface area contributed by atoms with Gasteiger partial charge in [0.2, 0.25) is 5.91 Å². The zero-order valence-corrected chi connectivity index (χ0v) is 13.4. The molecule has 1 heterocycles. The molecule has 0 unspecified atom stereocenters. The molecule has 0 spiro atoms. The van der Waals surface area contributed by atoms with Gasteiger partial charge in [-0.25, -0.2) is 0 Å². The molecule has 0 saturated carbocycles. The average Bonchev–Trinajstić information content (AvgIpc) is 2.45. The van der Waals surface area contributed by atoms with E-state index in [4.69, 9.17) is 0 Å². The molecule has 1 amide bonds. The molecule has 1 aliphatic rings. The van der Waals surface area contributed by atoms with E-state index in [1.807, 2.05) is 0 Å². The first-order chi connectivity index (χ1) is 10.3. The first-order valence-corrected chi connectivity index (χ1v) is 8.57. The molecular weight excluding hydrogens is 258 g/mol. The van der Waals surface area contributed by atoms with E-state index in [1.54, 1.807) is 0 Å². The molecular formula is C19H29NO. The second kappa shape index (κ2) is 8.86. The van der Waals surface area contributed by atoms with Gasteiger partial charge in [-0.05, 0) is 37.2 Å². The molecule has 1 aromatic rings. The van der Waals surface area contributed by atoms with Crippen molar-refractivity contribution in [2.24, 2.45) is 5.92 Å². The molecule has 0 aliphatic carbocycles. The third kappa shape index (κ3) is 5.91. The summed E-state index contributed by atoms with van der Waals surface area (Å²) >= 11 is 0. The maximum atomic E-state index is 12.4. The van der Waals surface area contributed by atoms with Crippen molar-refractivity contribution in [3.63, 3.8) is 0 Å². The molecule has 0 radical (unpaired) electrons. The summed E-state index contributed by atoms with van der Waals surface area (Å²) in [5.41, 5.74) is 1.38. The van der Waals surface area contributed by atoms with E-state index >= 15 is 0 Å². The molecule has 0 aromatic heterocycles. The summed E-state index contributed by atoms with van der Waals surface area (Å²) in [5, 5.41) is 0. The highest BCUT2D eigenvalue weighted by molar-refractivity contribution is 5.76. The van der Waals surface area contributed by atoms with E-state index in [1.165, 1.54) is 37.7 Å². The van der Waals surface area contributed by atoms with Crippen LogP contribution >= 0.6 is 0 Å². The van der Waals surface area contributed by atoms with Gasteiger partial charge >= 0.3 is 0 Å². The van der Waals surface area contributed by atoms with Gasteiger partial charge < -0.3 is 4.90 Å². The molecule has 2 heteroatoms. The van der Waals surface area contributed by atoms with Crippen LogP contribution in [0.4, 0.5) is 0 Å². The smallest absolute Gasteiger partial charge is 0.222 e. The van der Waals surface area contributed by atoms with Gasteiger partial charge in [-0.3, -0.25) is 4.79 Å². The van der Waals surface area contributed by atoms with Crippen LogP contribution in [0, 0.1) is 5.92 Å². The van der Waals surface area contributed by atoms with Crippen LogP contribution in [-0.2, 0) is 11.2 Å². The van der Waals surface area contributed by atoms with Crippen molar-refractivity contribution in [3.05, 3.63) is 35.9 Å². The summed E-state index contributed by atoms with van der Waals surface area (Å²) in [7, 11) is 0. The summed E-state index contributed by atoms with van der Waals surface area (Å²) in [6.07, 6.45) is 9.18. The maximum Gasteiger partial charge on any atom is 0.222 e. The van der Waals surface area contributed by atoms with Gasteiger partial charge in [0.25, 0.3) is 0 Å². The topological polar surface area (TPSA) is 20.3 Å². The van der Waals surface area contributed by atoms with Crippen molar-refractivity contribution in [1.29, 1.82) is 0 Å². The summed E-state index contributed by atoms with van der Waals surface area (Å²) < 4.78 is 0. The second-order valence-corrected chi connectivity index (χ2v) is 6.48. The molecule has 116 valence electrons. The van der Waals surface area contributed by atoms with Gasteiger partial charge in [0.05, 0.1) is 0 Å². The van der Waals surface area contributed by atoms with Crippen LogP contribution < -0.4 is 0 Å². The lowest BCUT2D eigenvalue weighted by Crippen LogP contribution is -2.34. The Labute approximate surface area is 129 Å². The minimum atomic E-state index is 0.373. The van der Waals surface area contributed by atoms with Crippen LogP contribution in [0.3, 0.4) is 0 Å². The van der Waals surface area contributed by atoms with Crippen LogP contribution in [-0.4, -0.2) is 23.9 Å². The van der Waals surface area contributed by atoms with Gasteiger partial charge in [-0.2, -0.15) is 0 Å². The first-order valence-electron chi connectivity index (χ1n) is 8.57. The summed E-state index contributed by atoms with van der Waals surface area (Å²) in [4.78, 5) is 14.5. The molecule has 2 rings (SSSR count). The van der Waals surface area contributed by atoms with Crippen molar-refractivity contribution < 1.29 is 4.79 Å². The Kier molecular flexibility index (Phi) is 6.78. The number of aryl methyl sites for hydroxylation is 1. The minimum Gasteiger partial charge on any atom is -0.343 e. The van der Waals surface area contributed by atoms with Gasteiger partial charge in [-0.15, -0.1) is 0 Å². The highest BCUT2D eigenvalue weighted by atomic mass is 16.2. The summed E-state index contributed by atoms with van der Waals surface area (Å²) in [6.45, 7) is 4.17. The number of carbonyl (C=O) groups is 1. The quantitative estimate of drug-likeness (QED) is 0.784. The fourth-order valence-corrected chi connectivity index (χ4v) is 3.08. The number of nitrogens with zero attached hydrogens (tertiary/aromatic N) is 1. The molecule has 1 saturated heterocycles. The van der Waals surface area contributed by atoms with Crippen molar-refractivity contribution in [1.82, 2.24) is 4.90 Å². The Hall–Kier alpha value is -1.31. The first kappa shape index (κ1) is 16.1. The zero-order valence-electron chi connectivity index (χ0n) is 13.4. The number of likely N-dealkylation sites (tertiary alicyclic amines) is 1. The lowest BCUT2D eigenvalue weighted by Gasteiger charge is -2.26. The highest BCUT2D eigenvalue weighted by Crippen LogP contribution is 2.16. The van der Waals surface area contributed by atoms with Crippen LogP contribution in [0.15, 0.2) is 30.3 Å². The number of amides is 1. The zero-order chi connectivity index (χ0) is 14.9. The lowest BCUT2D eigenvalue weighted by atomic mass is 9.97. The van der Waals surface area contributed by atoms with E-state index in [2.05, 4.69) is 42.2 Å². The van der Waals surface area contributed by atoms with Gasteiger partial charge in [0, 0.05) is 19.5 Å². The van der Waals surface area contributed by atoms with Crippen molar-refractivity contribution in [2.45, 2.75) is 58.3 Å². The van der Waals surface area contributed by atoms with E-state index in [0.29, 0.717) is 18.2 Å². The van der Waals surface area contributed by atoms with E-state index in [9.17, 15) is 4.79 Å².